The fourth-order valence-corrected chi connectivity index (χ4v) is 2.89. The molecule has 0 aliphatic carbocycles. The smallest absolute Gasteiger partial charge is 0.407 e. The van der Waals surface area contributed by atoms with Crippen LogP contribution in [0.15, 0.2) is 11.1 Å². The van der Waals surface area contributed by atoms with Gasteiger partial charge in [0.2, 0.25) is 0 Å². The number of hydrogen-bond donors (Lipinski definition) is 3. The Morgan fingerprint density at radius 1 is 1.35 bits per heavy atom. The zero-order valence-electron chi connectivity index (χ0n) is 16.0. The number of aliphatic imine (C=N–C) groups is 1. The van der Waals surface area contributed by atoms with Crippen LogP contribution >= 0.6 is 23.2 Å². The quantitative estimate of drug-likeness (QED) is 0.458. The largest absolute Gasteiger partial charge is 0.450 e. The van der Waals surface area contributed by atoms with Gasteiger partial charge in [-0.2, -0.15) is 0 Å². The monoisotopic (exact) mass is 405 g/mol. The molecule has 0 spiro atoms. The van der Waals surface area contributed by atoms with E-state index < -0.39 is 6.09 Å². The number of amides is 1. The maximum atomic E-state index is 11.7. The predicted molar refractivity (Wildman–Crippen MR) is 107 cm³/mol. The number of aromatic nitrogens is 1. The molecule has 0 fully saturated rings. The van der Waals surface area contributed by atoms with Crippen LogP contribution < -0.4 is 16.0 Å². The van der Waals surface area contributed by atoms with Gasteiger partial charge in [0.05, 0.1) is 18.2 Å². The highest BCUT2D eigenvalue weighted by Crippen LogP contribution is 2.24. The normalized spacial score (nSPS) is 12.8. The highest BCUT2D eigenvalue weighted by Gasteiger charge is 2.15. The van der Waals surface area contributed by atoms with Gasteiger partial charge in [-0.3, -0.25) is 4.99 Å². The van der Waals surface area contributed by atoms with Gasteiger partial charge < -0.3 is 25.3 Å². The number of nitrogens with zero attached hydrogens (tertiary/aromatic N) is 2. The molecule has 9 heteroatoms. The molecule has 3 N–H and O–H groups in total. The molecule has 1 atom stereocenters. The van der Waals surface area contributed by atoms with E-state index in [-0.39, 0.29) is 6.04 Å². The molecular weight excluding hydrogens is 377 g/mol. The summed E-state index contributed by atoms with van der Waals surface area (Å²) >= 11 is 12.1. The summed E-state index contributed by atoms with van der Waals surface area (Å²) in [4.78, 5) is 15.9. The van der Waals surface area contributed by atoms with E-state index >= 15 is 0 Å². The maximum Gasteiger partial charge on any atom is 0.407 e. The predicted octanol–water partition coefficient (Wildman–Crippen LogP) is 3.16. The number of rotatable bonds is 8. The lowest BCUT2D eigenvalue weighted by atomic mass is 10.0. The molecule has 0 saturated carbocycles. The summed E-state index contributed by atoms with van der Waals surface area (Å²) < 4.78 is 6.78. The Hall–Kier alpha value is -1.60. The number of carbonyl (C=O) groups is 1. The standard InChI is InChI=1S/C17H29Cl2N5O2/c1-6-26-17(25)23-12(7-11(2)3)9-21-16(20-4)22-10-13-8-14(18)15(19)24(13)5/h8,11-12H,6-7,9-10H2,1-5H3,(H,23,25)(H2,20,21,22). The van der Waals surface area contributed by atoms with E-state index in [1.54, 1.807) is 14.0 Å². The SMILES string of the molecule is CCOC(=O)NC(CNC(=NC)NCc1cc(Cl)c(Cl)n1C)CC(C)C. The van der Waals surface area contributed by atoms with Crippen LogP contribution in [-0.4, -0.2) is 42.9 Å². The molecule has 0 saturated heterocycles. The molecule has 0 aliphatic heterocycles. The Morgan fingerprint density at radius 2 is 2.04 bits per heavy atom. The first-order valence-corrected chi connectivity index (χ1v) is 9.41. The van der Waals surface area contributed by atoms with E-state index in [0.29, 0.717) is 41.7 Å². The van der Waals surface area contributed by atoms with Gasteiger partial charge in [-0.05, 0) is 25.3 Å². The van der Waals surface area contributed by atoms with Gasteiger partial charge in [0, 0.05) is 32.4 Å². The van der Waals surface area contributed by atoms with E-state index in [9.17, 15) is 4.79 Å². The van der Waals surface area contributed by atoms with Crippen molar-refractivity contribution in [3.63, 3.8) is 0 Å². The topological polar surface area (TPSA) is 79.7 Å². The number of alkyl carbamates (subject to hydrolysis) is 1. The third-order valence-electron chi connectivity index (χ3n) is 3.75. The van der Waals surface area contributed by atoms with Crippen LogP contribution in [0.3, 0.4) is 0 Å². The number of hydrogen-bond acceptors (Lipinski definition) is 3. The Bertz CT molecular complexity index is 617. The van der Waals surface area contributed by atoms with Crippen molar-refractivity contribution in [3.8, 4) is 0 Å². The Labute approximate surface area is 165 Å². The van der Waals surface area contributed by atoms with Crippen molar-refractivity contribution in [2.24, 2.45) is 18.0 Å². The van der Waals surface area contributed by atoms with Crippen LogP contribution in [0, 0.1) is 5.92 Å². The molecule has 0 bridgehead atoms. The minimum Gasteiger partial charge on any atom is -0.450 e. The molecule has 1 unspecified atom stereocenters. The summed E-state index contributed by atoms with van der Waals surface area (Å²) in [6, 6.07) is 1.75. The molecule has 1 heterocycles. The molecule has 1 amide bonds. The summed E-state index contributed by atoms with van der Waals surface area (Å²) in [5, 5.41) is 10.3. The molecule has 0 aliphatic rings. The Balaban J connectivity index is 2.58. The molecule has 7 nitrogen and oxygen atoms in total. The van der Waals surface area contributed by atoms with Gasteiger partial charge in [-0.25, -0.2) is 4.79 Å². The Morgan fingerprint density at radius 3 is 2.54 bits per heavy atom. The van der Waals surface area contributed by atoms with Gasteiger partial charge in [0.25, 0.3) is 0 Å². The number of ether oxygens (including phenoxy) is 1. The molecule has 1 aromatic rings. The Kier molecular flexibility index (Phi) is 9.65. The molecule has 1 rings (SSSR count). The second-order valence-electron chi connectivity index (χ2n) is 6.33. The molecular formula is C17H29Cl2N5O2. The minimum absolute atomic E-state index is 0.0634. The van der Waals surface area contributed by atoms with Crippen LogP contribution in [0.4, 0.5) is 4.79 Å². The van der Waals surface area contributed by atoms with Crippen molar-refractivity contribution in [2.45, 2.75) is 39.8 Å². The molecule has 148 valence electrons. The van der Waals surface area contributed by atoms with Crippen LogP contribution in [0.5, 0.6) is 0 Å². The highest BCUT2D eigenvalue weighted by molar-refractivity contribution is 6.41. The molecule has 0 aromatic carbocycles. The van der Waals surface area contributed by atoms with Crippen LogP contribution in [0.2, 0.25) is 10.2 Å². The van der Waals surface area contributed by atoms with E-state index in [0.717, 1.165) is 12.1 Å². The summed E-state index contributed by atoms with van der Waals surface area (Å²) in [7, 11) is 3.54. The lowest BCUT2D eigenvalue weighted by Crippen LogP contribution is -2.47. The van der Waals surface area contributed by atoms with Crippen LogP contribution in [0.25, 0.3) is 0 Å². The molecule has 0 radical (unpaired) electrons. The van der Waals surface area contributed by atoms with Crippen LogP contribution in [0.1, 0.15) is 32.9 Å². The fourth-order valence-electron chi connectivity index (χ4n) is 2.48. The lowest BCUT2D eigenvalue weighted by molar-refractivity contribution is 0.146. The third-order valence-corrected chi connectivity index (χ3v) is 4.59. The number of guanidine groups is 1. The number of carbonyl (C=O) groups excluding carboxylic acids is 1. The van der Waals surface area contributed by atoms with Crippen molar-refractivity contribution in [2.75, 3.05) is 20.2 Å². The second kappa shape index (κ2) is 11.2. The van der Waals surface area contributed by atoms with Crippen LogP contribution in [-0.2, 0) is 18.3 Å². The summed E-state index contributed by atoms with van der Waals surface area (Å²) in [6.07, 6.45) is 0.419. The zero-order chi connectivity index (χ0) is 19.7. The van der Waals surface area contributed by atoms with Crippen molar-refractivity contribution < 1.29 is 9.53 Å². The first-order valence-electron chi connectivity index (χ1n) is 8.65. The van der Waals surface area contributed by atoms with Gasteiger partial charge in [-0.15, -0.1) is 0 Å². The van der Waals surface area contributed by atoms with E-state index in [1.165, 1.54) is 0 Å². The average molecular weight is 406 g/mol. The molecule has 1 aromatic heterocycles. The van der Waals surface area contributed by atoms with Crippen molar-refractivity contribution in [1.82, 2.24) is 20.5 Å². The second-order valence-corrected chi connectivity index (χ2v) is 7.10. The van der Waals surface area contributed by atoms with E-state index in [1.807, 2.05) is 17.7 Å². The van der Waals surface area contributed by atoms with Gasteiger partial charge in [0.1, 0.15) is 5.15 Å². The molecule has 26 heavy (non-hydrogen) atoms. The summed E-state index contributed by atoms with van der Waals surface area (Å²) in [5.41, 5.74) is 0.936. The summed E-state index contributed by atoms with van der Waals surface area (Å²) in [6.45, 7) is 7.39. The lowest BCUT2D eigenvalue weighted by Gasteiger charge is -2.22. The fraction of sp³-hybridized carbons (Fsp3) is 0.647. The first kappa shape index (κ1) is 22.4. The van der Waals surface area contributed by atoms with Gasteiger partial charge in [0.15, 0.2) is 5.96 Å². The number of halogens is 2. The van der Waals surface area contributed by atoms with Crippen molar-refractivity contribution >= 4 is 35.3 Å². The van der Waals surface area contributed by atoms with Gasteiger partial charge in [-0.1, -0.05) is 37.0 Å². The minimum atomic E-state index is -0.406. The zero-order valence-corrected chi connectivity index (χ0v) is 17.5. The van der Waals surface area contributed by atoms with E-state index in [2.05, 4.69) is 34.8 Å². The van der Waals surface area contributed by atoms with E-state index in [4.69, 9.17) is 27.9 Å². The third kappa shape index (κ3) is 7.33. The summed E-state index contributed by atoms with van der Waals surface area (Å²) in [5.74, 6) is 1.06. The first-order chi connectivity index (χ1) is 12.3. The van der Waals surface area contributed by atoms with Gasteiger partial charge >= 0.3 is 6.09 Å². The van der Waals surface area contributed by atoms with Crippen molar-refractivity contribution in [3.05, 3.63) is 21.9 Å². The van der Waals surface area contributed by atoms with Crippen molar-refractivity contribution in [1.29, 1.82) is 0 Å². The highest BCUT2D eigenvalue weighted by atomic mass is 35.5. The maximum absolute atomic E-state index is 11.7. The number of nitrogens with one attached hydrogen (secondary N) is 3. The average Bonchev–Trinajstić information content (AvgIpc) is 2.81.